The number of halogens is 1. The predicted molar refractivity (Wildman–Crippen MR) is 94.6 cm³/mol. The summed E-state index contributed by atoms with van der Waals surface area (Å²) in [7, 11) is 0. The number of carbonyl (C=O) groups is 1. The summed E-state index contributed by atoms with van der Waals surface area (Å²) < 4.78 is 24.3. The Morgan fingerprint density at radius 3 is 2.81 bits per heavy atom. The first-order valence-electron chi connectivity index (χ1n) is 9.02. The molecule has 27 heavy (non-hydrogen) atoms. The minimum atomic E-state index is -0.268. The van der Waals surface area contributed by atoms with Gasteiger partial charge in [-0.1, -0.05) is 12.1 Å². The van der Waals surface area contributed by atoms with Gasteiger partial charge in [-0.25, -0.2) is 14.4 Å². The maximum atomic E-state index is 13.1. The maximum Gasteiger partial charge on any atom is 0.292 e. The molecular weight excluding hydrogens is 349 g/mol. The third-order valence-corrected chi connectivity index (χ3v) is 4.85. The Morgan fingerprint density at radius 2 is 2.07 bits per heavy atom. The number of benzene rings is 1. The average molecular weight is 369 g/mol. The summed E-state index contributed by atoms with van der Waals surface area (Å²) in [4.78, 5) is 23.1. The van der Waals surface area contributed by atoms with E-state index in [-0.39, 0.29) is 23.5 Å². The van der Waals surface area contributed by atoms with Crippen LogP contribution in [-0.4, -0.2) is 27.3 Å². The number of hydrogen-bond donors (Lipinski definition) is 0. The monoisotopic (exact) mass is 369 g/mol. The van der Waals surface area contributed by atoms with Gasteiger partial charge in [-0.3, -0.25) is 4.79 Å². The van der Waals surface area contributed by atoms with E-state index in [0.717, 1.165) is 24.8 Å². The molecule has 0 saturated carbocycles. The van der Waals surface area contributed by atoms with E-state index in [9.17, 15) is 9.18 Å². The third-order valence-electron chi connectivity index (χ3n) is 4.85. The summed E-state index contributed by atoms with van der Waals surface area (Å²) >= 11 is 0. The van der Waals surface area contributed by atoms with Crippen molar-refractivity contribution in [3.63, 3.8) is 0 Å². The summed E-state index contributed by atoms with van der Waals surface area (Å²) in [5.74, 6) is 1.02. The molecule has 1 aromatic carbocycles. The number of oxazole rings is 2. The van der Waals surface area contributed by atoms with Crippen molar-refractivity contribution in [1.29, 1.82) is 0 Å². The Morgan fingerprint density at radius 1 is 1.26 bits per heavy atom. The Hall–Kier alpha value is -2.96. The van der Waals surface area contributed by atoms with E-state index >= 15 is 0 Å². The van der Waals surface area contributed by atoms with Gasteiger partial charge < -0.3 is 13.7 Å². The molecule has 0 bridgehead atoms. The van der Waals surface area contributed by atoms with Crippen molar-refractivity contribution in [3.05, 3.63) is 71.3 Å². The fourth-order valence-corrected chi connectivity index (χ4v) is 3.43. The van der Waals surface area contributed by atoms with Gasteiger partial charge in [0, 0.05) is 13.0 Å². The van der Waals surface area contributed by atoms with Crippen LogP contribution in [-0.2, 0) is 6.42 Å². The van der Waals surface area contributed by atoms with Gasteiger partial charge >= 0.3 is 0 Å². The SMILES string of the molecule is Cc1ncoc1C(=O)N1CCCC[C@H]1c1ncc(Cc2ccc(F)cc2)o1. The van der Waals surface area contributed by atoms with E-state index in [1.807, 2.05) is 0 Å². The van der Waals surface area contributed by atoms with Crippen LogP contribution < -0.4 is 0 Å². The Kier molecular flexibility index (Phi) is 4.75. The number of aromatic nitrogens is 2. The second-order valence-electron chi connectivity index (χ2n) is 6.75. The molecular formula is C20H20FN3O3. The fraction of sp³-hybridized carbons (Fsp3) is 0.350. The fourth-order valence-electron chi connectivity index (χ4n) is 3.43. The number of rotatable bonds is 4. The van der Waals surface area contributed by atoms with Crippen LogP contribution in [0.15, 0.2) is 45.7 Å². The van der Waals surface area contributed by atoms with Gasteiger partial charge in [0.2, 0.25) is 11.7 Å². The number of nitrogens with zero attached hydrogens (tertiary/aromatic N) is 3. The standard InChI is InChI=1S/C20H20FN3O3/c1-13-18(26-12-23-13)20(25)24-9-3-2-4-17(24)19-22-11-16(27-19)10-14-5-7-15(21)8-6-14/h5-8,11-12,17H,2-4,9-10H2,1H3/t17-/m0/s1. The smallest absolute Gasteiger partial charge is 0.292 e. The van der Waals surface area contributed by atoms with E-state index in [2.05, 4.69) is 9.97 Å². The van der Waals surface area contributed by atoms with Gasteiger partial charge in [0.1, 0.15) is 17.6 Å². The largest absolute Gasteiger partial charge is 0.443 e. The number of hydrogen-bond acceptors (Lipinski definition) is 5. The summed E-state index contributed by atoms with van der Waals surface area (Å²) in [6.07, 6.45) is 6.20. The highest BCUT2D eigenvalue weighted by molar-refractivity contribution is 5.92. The zero-order chi connectivity index (χ0) is 18.8. The first kappa shape index (κ1) is 17.5. The molecule has 1 aliphatic rings. The highest BCUT2D eigenvalue weighted by atomic mass is 19.1. The molecule has 1 amide bonds. The summed E-state index contributed by atoms with van der Waals surface area (Å²) in [5.41, 5.74) is 1.52. The molecule has 0 N–H and O–H groups in total. The summed E-state index contributed by atoms with van der Waals surface area (Å²) in [6, 6.07) is 6.07. The van der Waals surface area contributed by atoms with E-state index < -0.39 is 0 Å². The van der Waals surface area contributed by atoms with Crippen LogP contribution in [0.4, 0.5) is 4.39 Å². The molecule has 1 saturated heterocycles. The molecule has 0 radical (unpaired) electrons. The quantitative estimate of drug-likeness (QED) is 0.693. The molecule has 140 valence electrons. The van der Waals surface area contributed by atoms with Crippen molar-refractivity contribution in [1.82, 2.24) is 14.9 Å². The minimum absolute atomic E-state index is 0.187. The molecule has 3 heterocycles. The van der Waals surface area contributed by atoms with Crippen molar-refractivity contribution in [2.45, 2.75) is 38.6 Å². The molecule has 1 fully saturated rings. The second kappa shape index (κ2) is 7.34. The van der Waals surface area contributed by atoms with Crippen LogP contribution >= 0.6 is 0 Å². The molecule has 3 aromatic rings. The van der Waals surface area contributed by atoms with Gasteiger partial charge in [0.05, 0.1) is 11.9 Å². The lowest BCUT2D eigenvalue weighted by Gasteiger charge is -2.33. The predicted octanol–water partition coefficient (Wildman–Crippen LogP) is 4.07. The van der Waals surface area contributed by atoms with Crippen LogP contribution in [0.3, 0.4) is 0 Å². The third kappa shape index (κ3) is 3.63. The van der Waals surface area contributed by atoms with Crippen molar-refractivity contribution < 1.29 is 18.0 Å². The van der Waals surface area contributed by atoms with Gasteiger partial charge in [-0.15, -0.1) is 0 Å². The Balaban J connectivity index is 1.54. The topological polar surface area (TPSA) is 72.4 Å². The minimum Gasteiger partial charge on any atom is -0.443 e. The van der Waals surface area contributed by atoms with Crippen LogP contribution in [0.1, 0.15) is 58.8 Å². The zero-order valence-electron chi connectivity index (χ0n) is 15.0. The van der Waals surface area contributed by atoms with Crippen LogP contribution in [0, 0.1) is 12.7 Å². The van der Waals surface area contributed by atoms with Gasteiger partial charge in [-0.2, -0.15) is 0 Å². The van der Waals surface area contributed by atoms with E-state index in [4.69, 9.17) is 8.83 Å². The molecule has 2 aromatic heterocycles. The summed E-state index contributed by atoms with van der Waals surface area (Å²) in [6.45, 7) is 2.38. The molecule has 1 atom stereocenters. The molecule has 6 nitrogen and oxygen atoms in total. The van der Waals surface area contributed by atoms with Crippen LogP contribution in [0.2, 0.25) is 0 Å². The second-order valence-corrected chi connectivity index (χ2v) is 6.75. The molecule has 4 rings (SSSR count). The first-order valence-corrected chi connectivity index (χ1v) is 9.02. The maximum absolute atomic E-state index is 13.1. The normalized spacial score (nSPS) is 17.3. The van der Waals surface area contributed by atoms with Crippen molar-refractivity contribution >= 4 is 5.91 Å². The van der Waals surface area contributed by atoms with Gasteiger partial charge in [0.25, 0.3) is 5.91 Å². The number of aryl methyl sites for hydroxylation is 1. The van der Waals surface area contributed by atoms with Crippen LogP contribution in [0.5, 0.6) is 0 Å². The Labute approximate surface area is 156 Å². The van der Waals surface area contributed by atoms with Crippen molar-refractivity contribution in [2.24, 2.45) is 0 Å². The van der Waals surface area contributed by atoms with E-state index in [0.29, 0.717) is 30.3 Å². The van der Waals surface area contributed by atoms with E-state index in [1.54, 1.807) is 30.2 Å². The highest BCUT2D eigenvalue weighted by Crippen LogP contribution is 2.32. The molecule has 0 aliphatic carbocycles. The van der Waals surface area contributed by atoms with Gasteiger partial charge in [-0.05, 0) is 43.9 Å². The number of carbonyl (C=O) groups excluding carboxylic acids is 1. The van der Waals surface area contributed by atoms with Gasteiger partial charge in [0.15, 0.2) is 6.39 Å². The molecule has 1 aliphatic heterocycles. The number of amides is 1. The summed E-state index contributed by atoms with van der Waals surface area (Å²) in [5, 5.41) is 0. The van der Waals surface area contributed by atoms with Crippen molar-refractivity contribution in [3.8, 4) is 0 Å². The lowest BCUT2D eigenvalue weighted by atomic mass is 10.0. The molecule has 7 heteroatoms. The van der Waals surface area contributed by atoms with E-state index in [1.165, 1.54) is 18.5 Å². The lowest BCUT2D eigenvalue weighted by molar-refractivity contribution is 0.0537. The average Bonchev–Trinajstić information content (AvgIpc) is 3.32. The van der Waals surface area contributed by atoms with Crippen LogP contribution in [0.25, 0.3) is 0 Å². The lowest BCUT2D eigenvalue weighted by Crippen LogP contribution is -2.38. The highest BCUT2D eigenvalue weighted by Gasteiger charge is 2.34. The molecule has 0 unspecified atom stereocenters. The molecule has 0 spiro atoms. The zero-order valence-corrected chi connectivity index (χ0v) is 15.0. The Bertz CT molecular complexity index is 932. The van der Waals surface area contributed by atoms with Crippen molar-refractivity contribution in [2.75, 3.05) is 6.54 Å². The number of likely N-dealkylation sites (tertiary alicyclic amines) is 1. The first-order chi connectivity index (χ1) is 13.1. The number of piperidine rings is 1.